The van der Waals surface area contributed by atoms with Crippen molar-refractivity contribution in [3.8, 4) is 17.2 Å². The van der Waals surface area contributed by atoms with Crippen LogP contribution in [0.2, 0.25) is 0 Å². The van der Waals surface area contributed by atoms with Crippen LogP contribution in [0.25, 0.3) is 0 Å². The molecule has 0 unspecified atom stereocenters. The van der Waals surface area contributed by atoms with Gasteiger partial charge in [-0.1, -0.05) is 76.8 Å². The highest BCUT2D eigenvalue weighted by atomic mass is 32.2. The van der Waals surface area contributed by atoms with E-state index >= 15 is 0 Å². The van der Waals surface area contributed by atoms with Gasteiger partial charge in [-0.3, -0.25) is 4.55 Å². The number of aromatic hydroxyl groups is 1. The number of para-hydroxylation sites is 2. The predicted molar refractivity (Wildman–Crippen MR) is 120 cm³/mol. The molecule has 166 valence electrons. The van der Waals surface area contributed by atoms with Gasteiger partial charge in [-0.15, -0.1) is 0 Å². The first-order valence-corrected chi connectivity index (χ1v) is 12.4. The summed E-state index contributed by atoms with van der Waals surface area (Å²) in [5.74, 6) is 0.467. The van der Waals surface area contributed by atoms with Crippen molar-refractivity contribution in [2.24, 2.45) is 0 Å². The molecule has 6 heteroatoms. The van der Waals surface area contributed by atoms with E-state index in [-0.39, 0.29) is 22.1 Å². The van der Waals surface area contributed by atoms with Gasteiger partial charge in [-0.05, 0) is 42.7 Å². The third-order valence-corrected chi connectivity index (χ3v) is 5.98. The van der Waals surface area contributed by atoms with Crippen molar-refractivity contribution < 1.29 is 22.8 Å². The molecule has 0 saturated heterocycles. The summed E-state index contributed by atoms with van der Waals surface area (Å²) in [6.45, 7) is 2.23. The van der Waals surface area contributed by atoms with Crippen LogP contribution in [0, 0.1) is 0 Å². The van der Waals surface area contributed by atoms with E-state index in [1.165, 1.54) is 69.6 Å². The molecule has 5 nitrogen and oxygen atoms in total. The van der Waals surface area contributed by atoms with Crippen molar-refractivity contribution in [3.05, 3.63) is 48.0 Å². The first-order chi connectivity index (χ1) is 14.4. The van der Waals surface area contributed by atoms with Crippen molar-refractivity contribution in [2.45, 2.75) is 82.4 Å². The topological polar surface area (TPSA) is 83.8 Å². The molecule has 0 spiro atoms. The van der Waals surface area contributed by atoms with E-state index in [9.17, 15) is 18.1 Å². The SMILES string of the molecule is CCCCCCCCCCCCc1cc(Oc2ccccc2O)cc(S(=O)(=O)O)c1. The van der Waals surface area contributed by atoms with Crippen LogP contribution in [0.4, 0.5) is 0 Å². The Labute approximate surface area is 180 Å². The van der Waals surface area contributed by atoms with Crippen molar-refractivity contribution in [2.75, 3.05) is 0 Å². The number of rotatable bonds is 14. The molecule has 2 N–H and O–H groups in total. The van der Waals surface area contributed by atoms with E-state index in [4.69, 9.17) is 4.74 Å². The molecular formula is C24H34O5S. The smallest absolute Gasteiger partial charge is 0.294 e. The number of ether oxygens (including phenoxy) is 1. The molecule has 0 amide bonds. The van der Waals surface area contributed by atoms with Gasteiger partial charge in [0.05, 0.1) is 4.90 Å². The molecule has 0 fully saturated rings. The average Bonchev–Trinajstić information content (AvgIpc) is 2.70. The summed E-state index contributed by atoms with van der Waals surface area (Å²) in [5, 5.41) is 9.88. The Balaban J connectivity index is 1.88. The van der Waals surface area contributed by atoms with Crippen LogP contribution in [0.5, 0.6) is 17.2 Å². The lowest BCUT2D eigenvalue weighted by molar-refractivity contribution is 0.410. The standard InChI is InChI=1S/C24H34O5S/c1-2-3-4-5-6-7-8-9-10-11-14-20-17-21(19-22(18-20)30(26,27)28)29-24-16-13-12-15-23(24)25/h12-13,15-19,25H,2-11,14H2,1H3,(H,26,27,28). The number of aryl methyl sites for hydroxylation is 1. The fraction of sp³-hybridized carbons (Fsp3) is 0.500. The number of unbranched alkanes of at least 4 members (excludes halogenated alkanes) is 9. The third kappa shape index (κ3) is 8.76. The molecule has 2 aromatic carbocycles. The predicted octanol–water partition coefficient (Wildman–Crippen LogP) is 6.89. The third-order valence-electron chi connectivity index (χ3n) is 5.15. The first kappa shape index (κ1) is 24.2. The number of hydrogen-bond acceptors (Lipinski definition) is 4. The molecule has 0 aliphatic heterocycles. The minimum Gasteiger partial charge on any atom is -0.504 e. The number of phenolic OH excluding ortho intramolecular Hbond substituents is 1. The molecule has 0 bridgehead atoms. The van der Waals surface area contributed by atoms with Gasteiger partial charge >= 0.3 is 0 Å². The second-order valence-electron chi connectivity index (χ2n) is 7.79. The largest absolute Gasteiger partial charge is 0.504 e. The number of benzene rings is 2. The van der Waals surface area contributed by atoms with E-state index in [0.717, 1.165) is 18.4 Å². The van der Waals surface area contributed by atoms with Gasteiger partial charge in [0.1, 0.15) is 5.75 Å². The summed E-state index contributed by atoms with van der Waals surface area (Å²) >= 11 is 0. The zero-order chi connectivity index (χ0) is 21.8. The van der Waals surface area contributed by atoms with Crippen LogP contribution < -0.4 is 4.74 Å². The highest BCUT2D eigenvalue weighted by Crippen LogP contribution is 2.32. The Bertz CT molecular complexity index is 877. The van der Waals surface area contributed by atoms with Crippen LogP contribution in [0.1, 0.15) is 76.7 Å². The Morgan fingerprint density at radius 3 is 2.03 bits per heavy atom. The molecule has 0 radical (unpaired) electrons. The van der Waals surface area contributed by atoms with Crippen molar-refractivity contribution in [3.63, 3.8) is 0 Å². The Kier molecular flexibility index (Phi) is 10.2. The maximum absolute atomic E-state index is 11.6. The summed E-state index contributed by atoms with van der Waals surface area (Å²) in [4.78, 5) is -0.197. The molecule has 0 aliphatic rings. The molecule has 0 saturated carbocycles. The van der Waals surface area contributed by atoms with Gasteiger partial charge in [0.15, 0.2) is 11.5 Å². The summed E-state index contributed by atoms with van der Waals surface area (Å²) < 4.78 is 38.4. The van der Waals surface area contributed by atoms with Gasteiger partial charge in [-0.25, -0.2) is 0 Å². The quantitative estimate of drug-likeness (QED) is 0.250. The maximum atomic E-state index is 11.6. The molecule has 2 aromatic rings. The monoisotopic (exact) mass is 434 g/mol. The van der Waals surface area contributed by atoms with Crippen LogP contribution in [0.15, 0.2) is 47.4 Å². The fourth-order valence-corrected chi connectivity index (χ4v) is 4.04. The minimum atomic E-state index is -4.35. The van der Waals surface area contributed by atoms with Gasteiger partial charge in [0.2, 0.25) is 0 Å². The van der Waals surface area contributed by atoms with E-state index in [1.54, 1.807) is 24.3 Å². The van der Waals surface area contributed by atoms with Gasteiger partial charge in [-0.2, -0.15) is 8.42 Å². The Morgan fingerprint density at radius 2 is 1.43 bits per heavy atom. The number of hydrogen-bond donors (Lipinski definition) is 2. The minimum absolute atomic E-state index is 0.0361. The highest BCUT2D eigenvalue weighted by Gasteiger charge is 2.14. The zero-order valence-corrected chi connectivity index (χ0v) is 18.7. The summed E-state index contributed by atoms with van der Waals surface area (Å²) in [5.41, 5.74) is 0.787. The lowest BCUT2D eigenvalue weighted by atomic mass is 10.0. The Hall–Kier alpha value is -2.05. The van der Waals surface area contributed by atoms with E-state index in [1.807, 2.05) is 0 Å². The van der Waals surface area contributed by atoms with Gasteiger partial charge in [0, 0.05) is 6.07 Å². The zero-order valence-electron chi connectivity index (χ0n) is 17.8. The second-order valence-corrected chi connectivity index (χ2v) is 9.21. The van der Waals surface area contributed by atoms with E-state index < -0.39 is 10.1 Å². The molecule has 0 aliphatic carbocycles. The number of phenols is 1. The molecular weight excluding hydrogens is 400 g/mol. The molecule has 2 rings (SSSR count). The lowest BCUT2D eigenvalue weighted by Gasteiger charge is -2.11. The Morgan fingerprint density at radius 1 is 0.833 bits per heavy atom. The first-order valence-electron chi connectivity index (χ1n) is 11.0. The maximum Gasteiger partial charge on any atom is 0.294 e. The average molecular weight is 435 g/mol. The molecule has 30 heavy (non-hydrogen) atoms. The summed E-state index contributed by atoms with van der Waals surface area (Å²) in [6, 6.07) is 11.0. The second kappa shape index (κ2) is 12.6. The van der Waals surface area contributed by atoms with Crippen LogP contribution in [0.3, 0.4) is 0 Å². The van der Waals surface area contributed by atoms with Gasteiger partial charge in [0.25, 0.3) is 10.1 Å². The van der Waals surface area contributed by atoms with Crippen molar-refractivity contribution in [1.82, 2.24) is 0 Å². The van der Waals surface area contributed by atoms with Crippen LogP contribution in [-0.4, -0.2) is 18.1 Å². The fourth-order valence-electron chi connectivity index (χ4n) is 3.47. The normalized spacial score (nSPS) is 11.5. The van der Waals surface area contributed by atoms with Gasteiger partial charge < -0.3 is 9.84 Å². The summed E-state index contributed by atoms with van der Waals surface area (Å²) in [7, 11) is -4.35. The molecule has 0 heterocycles. The van der Waals surface area contributed by atoms with E-state index in [2.05, 4.69) is 6.92 Å². The lowest BCUT2D eigenvalue weighted by Crippen LogP contribution is -2.00. The highest BCUT2D eigenvalue weighted by molar-refractivity contribution is 7.85. The van der Waals surface area contributed by atoms with Crippen LogP contribution in [-0.2, 0) is 16.5 Å². The van der Waals surface area contributed by atoms with E-state index in [0.29, 0.717) is 6.42 Å². The van der Waals surface area contributed by atoms with Crippen molar-refractivity contribution >= 4 is 10.1 Å². The molecule has 0 aromatic heterocycles. The molecule has 0 atom stereocenters. The summed E-state index contributed by atoms with van der Waals surface area (Å²) in [6.07, 6.45) is 13.0. The van der Waals surface area contributed by atoms with Crippen LogP contribution >= 0.6 is 0 Å². The van der Waals surface area contributed by atoms with Crippen molar-refractivity contribution in [1.29, 1.82) is 0 Å².